The second kappa shape index (κ2) is 7.44. The van der Waals surface area contributed by atoms with Gasteiger partial charge in [0.05, 0.1) is 0 Å². The van der Waals surface area contributed by atoms with Crippen molar-refractivity contribution in [3.05, 3.63) is 65.0 Å². The molecular formula is C21H21N5O2S. The summed E-state index contributed by atoms with van der Waals surface area (Å²) < 4.78 is 16.6. The molecule has 2 aliphatic rings. The van der Waals surface area contributed by atoms with Crippen molar-refractivity contribution in [3.8, 4) is 5.82 Å². The van der Waals surface area contributed by atoms with Gasteiger partial charge in [-0.2, -0.15) is 5.10 Å². The van der Waals surface area contributed by atoms with Crippen LogP contribution in [0.15, 0.2) is 47.8 Å². The van der Waals surface area contributed by atoms with Crippen molar-refractivity contribution >= 4 is 22.7 Å². The number of carbonyl (C=O) groups is 1. The highest BCUT2D eigenvalue weighted by atomic mass is 32.2. The van der Waals surface area contributed by atoms with E-state index >= 15 is 0 Å². The molecular weight excluding hydrogens is 386 g/mol. The Morgan fingerprint density at radius 3 is 2.48 bits per heavy atom. The molecule has 0 radical (unpaired) electrons. The van der Waals surface area contributed by atoms with Gasteiger partial charge < -0.3 is 5.32 Å². The number of nitrogens with one attached hydrogen (secondary N) is 2. The summed E-state index contributed by atoms with van der Waals surface area (Å²) in [6.07, 6.45) is 9.66. The van der Waals surface area contributed by atoms with Gasteiger partial charge in [0.1, 0.15) is 0 Å². The molecule has 148 valence electrons. The molecule has 0 saturated heterocycles. The highest BCUT2D eigenvalue weighted by molar-refractivity contribution is 7.83. The lowest BCUT2D eigenvalue weighted by molar-refractivity contribution is 0.257. The number of nitrogens with zero attached hydrogens (tertiary/aromatic N) is 3. The molecule has 5 rings (SSSR count). The van der Waals surface area contributed by atoms with E-state index in [1.54, 1.807) is 24.5 Å². The molecule has 0 fully saturated rings. The van der Waals surface area contributed by atoms with Crippen LogP contribution in [0.5, 0.6) is 0 Å². The summed E-state index contributed by atoms with van der Waals surface area (Å²) in [6, 6.07) is 8.93. The molecule has 29 heavy (non-hydrogen) atoms. The Labute approximate surface area is 171 Å². The first-order valence-electron chi connectivity index (χ1n) is 9.82. The van der Waals surface area contributed by atoms with E-state index in [4.69, 9.17) is 0 Å². The fraction of sp³-hybridized carbons (Fsp3) is 0.286. The number of aromatic nitrogens is 3. The molecule has 2 aliphatic carbocycles. The van der Waals surface area contributed by atoms with Crippen LogP contribution in [0.4, 0.5) is 10.5 Å². The van der Waals surface area contributed by atoms with Gasteiger partial charge in [0.2, 0.25) is 0 Å². The molecule has 1 unspecified atom stereocenters. The number of anilines is 1. The number of pyridine rings is 1. The summed E-state index contributed by atoms with van der Waals surface area (Å²) >= 11 is 0. The van der Waals surface area contributed by atoms with E-state index in [1.165, 1.54) is 26.9 Å². The van der Waals surface area contributed by atoms with Crippen LogP contribution in [0.25, 0.3) is 5.82 Å². The maximum Gasteiger partial charge on any atom is 0.331 e. The molecule has 0 spiro atoms. The predicted molar refractivity (Wildman–Crippen MR) is 110 cm³/mol. The van der Waals surface area contributed by atoms with Gasteiger partial charge in [-0.25, -0.2) is 18.7 Å². The summed E-state index contributed by atoms with van der Waals surface area (Å²) in [5.41, 5.74) is 6.10. The number of rotatable bonds is 4. The summed E-state index contributed by atoms with van der Waals surface area (Å²) in [6.45, 7) is 0. The van der Waals surface area contributed by atoms with E-state index in [-0.39, 0.29) is 5.03 Å². The van der Waals surface area contributed by atoms with E-state index in [2.05, 4.69) is 26.2 Å². The Morgan fingerprint density at radius 2 is 1.79 bits per heavy atom. The second-order valence-corrected chi connectivity index (χ2v) is 8.51. The standard InChI is InChI=1S/C21H21N5O2S/c27-21(23-20-16-7-3-5-14(16)13-15-6-4-8-17(15)20)25-29(28)19-10-12-26(24-19)18-9-1-2-11-22-18/h1-2,9-13H,3-8H2,(H2,23,25,27). The molecule has 1 aromatic carbocycles. The Morgan fingerprint density at radius 1 is 1.03 bits per heavy atom. The minimum atomic E-state index is -1.76. The Kier molecular flexibility index (Phi) is 4.63. The smallest absolute Gasteiger partial charge is 0.307 e. The number of benzene rings is 1. The van der Waals surface area contributed by atoms with Crippen molar-refractivity contribution in [2.24, 2.45) is 0 Å². The van der Waals surface area contributed by atoms with E-state index < -0.39 is 17.0 Å². The highest BCUT2D eigenvalue weighted by Gasteiger charge is 2.25. The van der Waals surface area contributed by atoms with E-state index in [9.17, 15) is 9.00 Å². The van der Waals surface area contributed by atoms with Gasteiger partial charge in [0.15, 0.2) is 21.8 Å². The Balaban J connectivity index is 1.32. The van der Waals surface area contributed by atoms with Crippen LogP contribution < -0.4 is 10.0 Å². The first-order chi connectivity index (χ1) is 14.2. The third-order valence-corrected chi connectivity index (χ3v) is 6.50. The van der Waals surface area contributed by atoms with Crippen LogP contribution >= 0.6 is 0 Å². The summed E-state index contributed by atoms with van der Waals surface area (Å²) in [5.74, 6) is 0.621. The molecule has 8 heteroatoms. The average Bonchev–Trinajstić information content (AvgIpc) is 3.48. The molecule has 0 aliphatic heterocycles. The zero-order valence-electron chi connectivity index (χ0n) is 15.9. The second-order valence-electron chi connectivity index (χ2n) is 7.35. The number of hydrogen-bond donors (Lipinski definition) is 2. The van der Waals surface area contributed by atoms with Crippen molar-refractivity contribution in [1.29, 1.82) is 0 Å². The van der Waals surface area contributed by atoms with Crippen molar-refractivity contribution in [3.63, 3.8) is 0 Å². The maximum atomic E-state index is 12.6. The molecule has 2 aromatic heterocycles. The zero-order valence-corrected chi connectivity index (χ0v) is 16.7. The molecule has 2 heterocycles. The van der Waals surface area contributed by atoms with Gasteiger partial charge in [-0.1, -0.05) is 12.1 Å². The van der Waals surface area contributed by atoms with Gasteiger partial charge in [-0.3, -0.25) is 4.72 Å². The van der Waals surface area contributed by atoms with Crippen LogP contribution in [0, 0.1) is 0 Å². The van der Waals surface area contributed by atoms with Crippen molar-refractivity contribution < 1.29 is 9.00 Å². The third-order valence-electron chi connectivity index (χ3n) is 5.54. The van der Waals surface area contributed by atoms with Crippen molar-refractivity contribution in [2.45, 2.75) is 43.6 Å². The summed E-state index contributed by atoms with van der Waals surface area (Å²) in [4.78, 5) is 16.8. The number of fused-ring (bicyclic) bond motifs is 2. The minimum Gasteiger partial charge on any atom is -0.307 e. The molecule has 0 saturated carbocycles. The monoisotopic (exact) mass is 407 g/mol. The van der Waals surface area contributed by atoms with E-state index in [1.807, 2.05) is 12.1 Å². The van der Waals surface area contributed by atoms with Crippen LogP contribution in [-0.4, -0.2) is 25.0 Å². The predicted octanol–water partition coefficient (Wildman–Crippen LogP) is 3.09. The maximum absolute atomic E-state index is 12.6. The number of amides is 2. The summed E-state index contributed by atoms with van der Waals surface area (Å²) in [5, 5.41) is 7.53. The highest BCUT2D eigenvalue weighted by Crippen LogP contribution is 2.38. The lowest BCUT2D eigenvalue weighted by Gasteiger charge is -2.16. The lowest BCUT2D eigenvalue weighted by Crippen LogP contribution is -2.31. The topological polar surface area (TPSA) is 88.9 Å². The molecule has 3 aromatic rings. The molecule has 0 bridgehead atoms. The zero-order chi connectivity index (χ0) is 19.8. The quantitative estimate of drug-likeness (QED) is 0.696. The lowest BCUT2D eigenvalue weighted by atomic mass is 9.99. The van der Waals surface area contributed by atoms with Gasteiger partial charge in [-0.15, -0.1) is 0 Å². The fourth-order valence-electron chi connectivity index (χ4n) is 4.27. The van der Waals surface area contributed by atoms with Gasteiger partial charge >= 0.3 is 6.03 Å². The average molecular weight is 407 g/mol. The van der Waals surface area contributed by atoms with E-state index in [0.29, 0.717) is 5.82 Å². The fourth-order valence-corrected chi connectivity index (χ4v) is 4.94. The van der Waals surface area contributed by atoms with Gasteiger partial charge in [0, 0.05) is 18.1 Å². The van der Waals surface area contributed by atoms with Crippen LogP contribution in [0.1, 0.15) is 35.1 Å². The van der Waals surface area contributed by atoms with Crippen LogP contribution in [-0.2, 0) is 36.7 Å². The van der Waals surface area contributed by atoms with E-state index in [0.717, 1.165) is 44.2 Å². The number of carbonyl (C=O) groups excluding carboxylic acids is 1. The molecule has 7 nitrogen and oxygen atoms in total. The number of aryl methyl sites for hydroxylation is 2. The Hall–Kier alpha value is -3.00. The Bertz CT molecular complexity index is 1080. The van der Waals surface area contributed by atoms with Crippen molar-refractivity contribution in [1.82, 2.24) is 19.5 Å². The van der Waals surface area contributed by atoms with Gasteiger partial charge in [-0.05, 0) is 79.0 Å². The largest absolute Gasteiger partial charge is 0.331 e. The SMILES string of the molecule is O=C(Nc1c2c(cc3c1CCC3)CCC2)NS(=O)c1ccn(-c2ccccn2)n1. The van der Waals surface area contributed by atoms with Gasteiger partial charge in [0.25, 0.3) is 0 Å². The third kappa shape index (κ3) is 3.44. The molecule has 2 N–H and O–H groups in total. The first kappa shape index (κ1) is 18.1. The number of hydrogen-bond acceptors (Lipinski definition) is 4. The normalized spacial score (nSPS) is 15.6. The molecule has 2 amide bonds. The first-order valence-corrected chi connectivity index (χ1v) is 11.0. The van der Waals surface area contributed by atoms with Crippen LogP contribution in [0.3, 0.4) is 0 Å². The van der Waals surface area contributed by atoms with Crippen LogP contribution in [0.2, 0.25) is 0 Å². The summed E-state index contributed by atoms with van der Waals surface area (Å²) in [7, 11) is -1.76. The van der Waals surface area contributed by atoms with Crippen molar-refractivity contribution in [2.75, 3.05) is 5.32 Å². The molecule has 1 atom stereocenters. The minimum absolute atomic E-state index is 0.273. The number of urea groups is 1.